The van der Waals surface area contributed by atoms with Crippen molar-refractivity contribution < 1.29 is 10.2 Å². The molecule has 0 aliphatic heterocycles. The molecule has 0 amide bonds. The summed E-state index contributed by atoms with van der Waals surface area (Å²) in [5, 5.41) is 19.4. The molecule has 0 aromatic heterocycles. The molecule has 0 heterocycles. The minimum Gasteiger partial charge on any atom is -0.396 e. The fourth-order valence-corrected chi connectivity index (χ4v) is 3.09. The zero-order chi connectivity index (χ0) is 8.60. The van der Waals surface area contributed by atoms with Gasteiger partial charge in [-0.15, -0.1) is 0 Å². The quantitative estimate of drug-likeness (QED) is 0.623. The summed E-state index contributed by atoms with van der Waals surface area (Å²) in [7, 11) is 0. The molecule has 12 heavy (non-hydrogen) atoms. The Hall–Kier alpha value is -0.0800. The van der Waals surface area contributed by atoms with Crippen LogP contribution in [0.25, 0.3) is 0 Å². The highest BCUT2D eigenvalue weighted by atomic mass is 16.3. The van der Waals surface area contributed by atoms with Gasteiger partial charge in [0.05, 0.1) is 5.60 Å². The molecule has 2 N–H and O–H groups in total. The Labute approximate surface area is 73.6 Å². The van der Waals surface area contributed by atoms with Gasteiger partial charge in [0, 0.05) is 12.5 Å². The normalized spacial score (nSPS) is 47.5. The molecule has 70 valence electrons. The number of rotatable bonds is 1. The summed E-state index contributed by atoms with van der Waals surface area (Å²) in [6.45, 7) is 0.174. The van der Waals surface area contributed by atoms with Gasteiger partial charge in [0.25, 0.3) is 0 Å². The predicted molar refractivity (Wildman–Crippen MR) is 46.7 cm³/mol. The first-order chi connectivity index (χ1) is 5.77. The minimum absolute atomic E-state index is 0.169. The zero-order valence-corrected chi connectivity index (χ0v) is 7.50. The van der Waals surface area contributed by atoms with Crippen molar-refractivity contribution >= 4 is 0 Å². The van der Waals surface area contributed by atoms with Crippen molar-refractivity contribution in [2.24, 2.45) is 11.8 Å². The van der Waals surface area contributed by atoms with Gasteiger partial charge in [0.15, 0.2) is 0 Å². The Morgan fingerprint density at radius 3 is 2.75 bits per heavy atom. The molecule has 2 saturated carbocycles. The van der Waals surface area contributed by atoms with E-state index in [4.69, 9.17) is 5.11 Å². The lowest BCUT2D eigenvalue weighted by Crippen LogP contribution is -2.43. The maximum absolute atomic E-state index is 10.3. The lowest BCUT2D eigenvalue weighted by molar-refractivity contribution is -0.0750. The topological polar surface area (TPSA) is 40.5 Å². The number of hydrogen-bond donors (Lipinski definition) is 2. The fraction of sp³-hybridized carbons (Fsp3) is 1.00. The highest BCUT2D eigenvalue weighted by Gasteiger charge is 2.49. The Morgan fingerprint density at radius 1 is 1.17 bits per heavy atom. The first kappa shape index (κ1) is 8.52. The van der Waals surface area contributed by atoms with E-state index in [0.717, 1.165) is 25.7 Å². The molecule has 0 saturated heterocycles. The van der Waals surface area contributed by atoms with Crippen molar-refractivity contribution in [1.29, 1.82) is 0 Å². The van der Waals surface area contributed by atoms with E-state index in [1.807, 2.05) is 0 Å². The molecule has 2 fully saturated rings. The third-order valence-corrected chi connectivity index (χ3v) is 3.88. The average Bonchev–Trinajstić information content (AvgIpc) is 2.41. The molecule has 0 radical (unpaired) electrons. The molecule has 2 rings (SSSR count). The van der Waals surface area contributed by atoms with Gasteiger partial charge in [-0.05, 0) is 31.6 Å². The third kappa shape index (κ3) is 1.09. The van der Waals surface area contributed by atoms with Crippen LogP contribution in [0.15, 0.2) is 0 Å². The number of aliphatic hydroxyl groups excluding tert-OH is 1. The first-order valence-corrected chi connectivity index (χ1v) is 5.10. The monoisotopic (exact) mass is 170 g/mol. The van der Waals surface area contributed by atoms with E-state index < -0.39 is 5.60 Å². The van der Waals surface area contributed by atoms with Gasteiger partial charge in [-0.25, -0.2) is 0 Å². The summed E-state index contributed by atoms with van der Waals surface area (Å²) in [6.07, 6.45) is 6.66. The van der Waals surface area contributed by atoms with Crippen molar-refractivity contribution in [3.8, 4) is 0 Å². The van der Waals surface area contributed by atoms with Crippen LogP contribution in [0.5, 0.6) is 0 Å². The van der Waals surface area contributed by atoms with Gasteiger partial charge < -0.3 is 10.2 Å². The van der Waals surface area contributed by atoms with E-state index in [1.54, 1.807) is 0 Å². The Balaban J connectivity index is 2.13. The van der Waals surface area contributed by atoms with Crippen LogP contribution in [0.3, 0.4) is 0 Å². The van der Waals surface area contributed by atoms with Crippen LogP contribution in [-0.4, -0.2) is 22.4 Å². The molecule has 0 bridgehead atoms. The van der Waals surface area contributed by atoms with E-state index >= 15 is 0 Å². The van der Waals surface area contributed by atoms with Crippen LogP contribution in [0, 0.1) is 11.8 Å². The van der Waals surface area contributed by atoms with Crippen molar-refractivity contribution in [2.45, 2.75) is 44.1 Å². The van der Waals surface area contributed by atoms with Crippen LogP contribution in [0.2, 0.25) is 0 Å². The van der Waals surface area contributed by atoms with E-state index in [0.29, 0.717) is 5.92 Å². The smallest absolute Gasteiger partial charge is 0.0725 e. The highest BCUT2D eigenvalue weighted by molar-refractivity contribution is 5.00. The molecule has 0 spiro atoms. The summed E-state index contributed by atoms with van der Waals surface area (Å²) in [4.78, 5) is 0. The van der Waals surface area contributed by atoms with Gasteiger partial charge in [0.1, 0.15) is 0 Å². The second-order valence-corrected chi connectivity index (χ2v) is 4.39. The summed E-state index contributed by atoms with van der Waals surface area (Å²) >= 11 is 0. The number of fused-ring (bicyclic) bond motifs is 1. The molecule has 2 aliphatic carbocycles. The molecule has 2 aliphatic rings. The fourth-order valence-electron chi connectivity index (χ4n) is 3.09. The van der Waals surface area contributed by atoms with Crippen molar-refractivity contribution in [3.63, 3.8) is 0 Å². The number of aliphatic hydroxyl groups is 2. The molecular weight excluding hydrogens is 152 g/mol. The molecular formula is C10H18O2. The van der Waals surface area contributed by atoms with Gasteiger partial charge in [-0.3, -0.25) is 0 Å². The van der Waals surface area contributed by atoms with Crippen molar-refractivity contribution in [2.75, 3.05) is 6.61 Å². The van der Waals surface area contributed by atoms with Gasteiger partial charge in [-0.2, -0.15) is 0 Å². The second kappa shape index (κ2) is 3.00. The molecule has 0 aromatic carbocycles. The number of hydrogen-bond acceptors (Lipinski definition) is 2. The maximum Gasteiger partial charge on any atom is 0.0725 e. The highest BCUT2D eigenvalue weighted by Crippen LogP contribution is 2.48. The molecule has 0 aromatic rings. The molecule has 3 atom stereocenters. The molecule has 2 nitrogen and oxygen atoms in total. The summed E-state index contributed by atoms with van der Waals surface area (Å²) in [6, 6.07) is 0. The van der Waals surface area contributed by atoms with Crippen LogP contribution in [0.1, 0.15) is 38.5 Å². The first-order valence-electron chi connectivity index (χ1n) is 5.10. The summed E-state index contributed by atoms with van der Waals surface area (Å²) < 4.78 is 0. The second-order valence-electron chi connectivity index (χ2n) is 4.39. The zero-order valence-electron chi connectivity index (χ0n) is 7.50. The van der Waals surface area contributed by atoms with Crippen molar-refractivity contribution in [3.05, 3.63) is 0 Å². The van der Waals surface area contributed by atoms with Crippen LogP contribution >= 0.6 is 0 Å². The third-order valence-electron chi connectivity index (χ3n) is 3.88. The summed E-state index contributed by atoms with van der Waals surface area (Å²) in [5.41, 5.74) is -0.493. The SMILES string of the molecule is OC[C@@H]1CC[C@H]2CCCC[C@@]21O. The lowest BCUT2D eigenvalue weighted by Gasteiger charge is -2.38. The Kier molecular flexibility index (Phi) is 2.13. The van der Waals surface area contributed by atoms with Gasteiger partial charge in [-0.1, -0.05) is 12.8 Å². The van der Waals surface area contributed by atoms with Crippen LogP contribution < -0.4 is 0 Å². The van der Waals surface area contributed by atoms with Crippen molar-refractivity contribution in [1.82, 2.24) is 0 Å². The van der Waals surface area contributed by atoms with Gasteiger partial charge >= 0.3 is 0 Å². The summed E-state index contributed by atoms with van der Waals surface area (Å²) in [5.74, 6) is 0.659. The largest absolute Gasteiger partial charge is 0.396 e. The predicted octanol–water partition coefficient (Wildman–Crippen LogP) is 1.31. The van der Waals surface area contributed by atoms with Gasteiger partial charge in [0.2, 0.25) is 0 Å². The van der Waals surface area contributed by atoms with E-state index in [1.165, 1.54) is 12.8 Å². The van der Waals surface area contributed by atoms with Crippen LogP contribution in [-0.2, 0) is 0 Å². The van der Waals surface area contributed by atoms with E-state index in [-0.39, 0.29) is 12.5 Å². The lowest BCUT2D eigenvalue weighted by atomic mass is 9.74. The Morgan fingerprint density at radius 2 is 2.00 bits per heavy atom. The molecule has 0 unspecified atom stereocenters. The standard InChI is InChI=1S/C10H18O2/c11-7-9-5-4-8-3-1-2-6-10(8,9)12/h8-9,11-12H,1-7H2/t8-,9+,10-/m1/s1. The minimum atomic E-state index is -0.493. The Bertz CT molecular complexity index is 161. The molecule has 2 heteroatoms. The van der Waals surface area contributed by atoms with Crippen LogP contribution in [0.4, 0.5) is 0 Å². The van der Waals surface area contributed by atoms with E-state index in [2.05, 4.69) is 0 Å². The van der Waals surface area contributed by atoms with E-state index in [9.17, 15) is 5.11 Å². The maximum atomic E-state index is 10.3. The average molecular weight is 170 g/mol.